The van der Waals surface area contributed by atoms with Crippen LogP contribution in [0.3, 0.4) is 0 Å². The van der Waals surface area contributed by atoms with Gasteiger partial charge in [0.05, 0.1) is 5.92 Å². The van der Waals surface area contributed by atoms with Crippen LogP contribution in [0.1, 0.15) is 60.8 Å². The molecule has 0 aromatic rings. The van der Waals surface area contributed by atoms with Crippen molar-refractivity contribution in [3.63, 3.8) is 0 Å². The SMILES string of the molecule is CC(C)CC(C(=O)O)C(O)(C(=O)O)C(CC(C)C)(CC(C)C)C(=O)O. The molecule has 2 unspecified atom stereocenters. The maximum atomic E-state index is 12.2. The summed E-state index contributed by atoms with van der Waals surface area (Å²) in [6, 6.07) is 0. The van der Waals surface area contributed by atoms with E-state index in [4.69, 9.17) is 0 Å². The normalized spacial score (nSPS) is 16.1. The molecule has 2 atom stereocenters. The minimum atomic E-state index is -2.91. The molecule has 0 radical (unpaired) electrons. The average Bonchev–Trinajstić information content (AvgIpc) is 2.40. The zero-order valence-corrected chi connectivity index (χ0v) is 15.9. The molecular formula is C18H32O7. The summed E-state index contributed by atoms with van der Waals surface area (Å²) in [5, 5.41) is 40.5. The number of carboxylic acids is 3. The van der Waals surface area contributed by atoms with Gasteiger partial charge in [-0.15, -0.1) is 0 Å². The quantitative estimate of drug-likeness (QED) is 0.445. The Labute approximate surface area is 149 Å². The van der Waals surface area contributed by atoms with Crippen molar-refractivity contribution in [2.75, 3.05) is 0 Å². The van der Waals surface area contributed by atoms with Crippen LogP contribution in [0.5, 0.6) is 0 Å². The van der Waals surface area contributed by atoms with Gasteiger partial charge in [-0.25, -0.2) is 4.79 Å². The molecule has 0 aromatic carbocycles. The zero-order valence-electron chi connectivity index (χ0n) is 15.9. The highest BCUT2D eigenvalue weighted by Gasteiger charge is 2.66. The summed E-state index contributed by atoms with van der Waals surface area (Å²) in [5.41, 5.74) is -5.01. The lowest BCUT2D eigenvalue weighted by Gasteiger charge is -2.46. The second-order valence-electron chi connectivity index (χ2n) is 8.18. The first-order valence-corrected chi connectivity index (χ1v) is 8.64. The van der Waals surface area contributed by atoms with Crippen molar-refractivity contribution in [3.8, 4) is 0 Å². The Kier molecular flexibility index (Phi) is 8.08. The van der Waals surface area contributed by atoms with E-state index >= 15 is 0 Å². The monoisotopic (exact) mass is 360 g/mol. The lowest BCUT2D eigenvalue weighted by atomic mass is 9.58. The third-order valence-electron chi connectivity index (χ3n) is 4.49. The maximum absolute atomic E-state index is 12.2. The molecule has 7 nitrogen and oxygen atoms in total. The van der Waals surface area contributed by atoms with Gasteiger partial charge in [-0.05, 0) is 37.0 Å². The Balaban J connectivity index is 6.70. The molecule has 0 spiro atoms. The number of hydrogen-bond donors (Lipinski definition) is 4. The van der Waals surface area contributed by atoms with E-state index in [-0.39, 0.29) is 37.0 Å². The minimum Gasteiger partial charge on any atom is -0.481 e. The highest BCUT2D eigenvalue weighted by Crippen LogP contribution is 2.49. The molecule has 0 amide bonds. The molecule has 0 rings (SSSR count). The summed E-state index contributed by atoms with van der Waals surface area (Å²) in [4.78, 5) is 36.1. The molecule has 0 aliphatic heterocycles. The van der Waals surface area contributed by atoms with Gasteiger partial charge in [0.25, 0.3) is 0 Å². The van der Waals surface area contributed by atoms with E-state index in [1.165, 1.54) is 0 Å². The van der Waals surface area contributed by atoms with Gasteiger partial charge in [0.1, 0.15) is 5.41 Å². The van der Waals surface area contributed by atoms with Gasteiger partial charge in [-0.3, -0.25) is 9.59 Å². The van der Waals surface area contributed by atoms with Crippen molar-refractivity contribution in [2.45, 2.75) is 66.4 Å². The third-order valence-corrected chi connectivity index (χ3v) is 4.49. The molecule has 0 aliphatic rings. The molecule has 0 aromatic heterocycles. The summed E-state index contributed by atoms with van der Waals surface area (Å²) in [7, 11) is 0. The molecule has 25 heavy (non-hydrogen) atoms. The van der Waals surface area contributed by atoms with E-state index in [0.717, 1.165) is 0 Å². The van der Waals surface area contributed by atoms with Crippen LogP contribution in [0, 0.1) is 29.1 Å². The Morgan fingerprint density at radius 1 is 0.760 bits per heavy atom. The zero-order chi connectivity index (χ0) is 20.2. The Hall–Kier alpha value is -1.63. The highest BCUT2D eigenvalue weighted by molar-refractivity contribution is 5.93. The van der Waals surface area contributed by atoms with E-state index in [1.54, 1.807) is 41.5 Å². The van der Waals surface area contributed by atoms with E-state index < -0.39 is 34.8 Å². The van der Waals surface area contributed by atoms with Gasteiger partial charge < -0.3 is 20.4 Å². The predicted molar refractivity (Wildman–Crippen MR) is 92.1 cm³/mol. The van der Waals surface area contributed by atoms with Crippen molar-refractivity contribution in [1.29, 1.82) is 0 Å². The van der Waals surface area contributed by atoms with Gasteiger partial charge in [0, 0.05) is 0 Å². The number of carbonyl (C=O) groups is 3. The van der Waals surface area contributed by atoms with Gasteiger partial charge >= 0.3 is 17.9 Å². The van der Waals surface area contributed by atoms with Crippen LogP contribution in [-0.2, 0) is 14.4 Å². The molecule has 0 heterocycles. The molecule has 0 bridgehead atoms. The number of aliphatic hydroxyl groups is 1. The molecule has 4 N–H and O–H groups in total. The number of rotatable bonds is 11. The lowest BCUT2D eigenvalue weighted by Crippen LogP contribution is -2.65. The van der Waals surface area contributed by atoms with Crippen LogP contribution in [0.25, 0.3) is 0 Å². The largest absolute Gasteiger partial charge is 0.481 e. The first-order valence-electron chi connectivity index (χ1n) is 8.64. The Bertz CT molecular complexity index is 486. The smallest absolute Gasteiger partial charge is 0.337 e. The van der Waals surface area contributed by atoms with Crippen molar-refractivity contribution < 1.29 is 34.8 Å². The van der Waals surface area contributed by atoms with Crippen molar-refractivity contribution in [3.05, 3.63) is 0 Å². The fourth-order valence-electron chi connectivity index (χ4n) is 3.73. The minimum absolute atomic E-state index is 0.134. The fraction of sp³-hybridized carbons (Fsp3) is 0.833. The molecule has 0 saturated heterocycles. The van der Waals surface area contributed by atoms with Gasteiger partial charge in [0.15, 0.2) is 5.60 Å². The second kappa shape index (κ2) is 8.65. The van der Waals surface area contributed by atoms with Crippen molar-refractivity contribution in [1.82, 2.24) is 0 Å². The van der Waals surface area contributed by atoms with E-state index in [1.807, 2.05) is 0 Å². The average molecular weight is 360 g/mol. The predicted octanol–water partition coefficient (Wildman–Crippen LogP) is 2.71. The van der Waals surface area contributed by atoms with Crippen LogP contribution in [0.2, 0.25) is 0 Å². The standard InChI is InChI=1S/C18H32O7/c1-10(2)7-13(14(19)20)18(25,16(23)24)17(15(21)22,8-11(3)4)9-12(5)6/h10-13,25H,7-9H2,1-6H3,(H,19,20)(H,21,22)(H,23,24). The van der Waals surface area contributed by atoms with Gasteiger partial charge in [-0.2, -0.15) is 0 Å². The molecule has 0 saturated carbocycles. The fourth-order valence-corrected chi connectivity index (χ4v) is 3.73. The van der Waals surface area contributed by atoms with Crippen molar-refractivity contribution in [2.24, 2.45) is 29.1 Å². The second-order valence-corrected chi connectivity index (χ2v) is 8.18. The summed E-state index contributed by atoms with van der Waals surface area (Å²) < 4.78 is 0. The summed E-state index contributed by atoms with van der Waals surface area (Å²) >= 11 is 0. The first kappa shape index (κ1) is 23.4. The van der Waals surface area contributed by atoms with Crippen LogP contribution in [-0.4, -0.2) is 43.9 Å². The van der Waals surface area contributed by atoms with Gasteiger partial charge in [-0.1, -0.05) is 41.5 Å². The van der Waals surface area contributed by atoms with E-state index in [0.29, 0.717) is 0 Å². The Morgan fingerprint density at radius 3 is 1.36 bits per heavy atom. The first-order chi connectivity index (χ1) is 11.2. The molecule has 7 heteroatoms. The third kappa shape index (κ3) is 4.93. The van der Waals surface area contributed by atoms with Crippen LogP contribution in [0.15, 0.2) is 0 Å². The summed E-state index contributed by atoms with van der Waals surface area (Å²) in [6.45, 7) is 10.3. The number of aliphatic carboxylic acids is 3. The Morgan fingerprint density at radius 2 is 1.16 bits per heavy atom. The van der Waals surface area contributed by atoms with Crippen molar-refractivity contribution >= 4 is 17.9 Å². The van der Waals surface area contributed by atoms with Crippen LogP contribution >= 0.6 is 0 Å². The number of hydrogen-bond acceptors (Lipinski definition) is 4. The molecular weight excluding hydrogens is 328 g/mol. The number of carboxylic acid groups (broad SMARTS) is 3. The van der Waals surface area contributed by atoms with Crippen LogP contribution in [0.4, 0.5) is 0 Å². The maximum Gasteiger partial charge on any atom is 0.337 e. The molecule has 0 aliphatic carbocycles. The lowest BCUT2D eigenvalue weighted by molar-refractivity contribution is -0.210. The topological polar surface area (TPSA) is 132 Å². The van der Waals surface area contributed by atoms with Crippen LogP contribution < -0.4 is 0 Å². The summed E-state index contributed by atoms with van der Waals surface area (Å²) in [5.74, 6) is -7.21. The molecule has 0 fully saturated rings. The molecule has 146 valence electrons. The van der Waals surface area contributed by atoms with Gasteiger partial charge in [0.2, 0.25) is 0 Å². The highest BCUT2D eigenvalue weighted by atomic mass is 16.4. The van der Waals surface area contributed by atoms with E-state index in [9.17, 15) is 34.8 Å². The van der Waals surface area contributed by atoms with E-state index in [2.05, 4.69) is 0 Å². The summed E-state index contributed by atoms with van der Waals surface area (Å²) in [6.07, 6.45) is -0.403.